The minimum absolute atomic E-state index is 0. The summed E-state index contributed by atoms with van der Waals surface area (Å²) in [5.41, 5.74) is 0.195. The number of hydrogen-bond acceptors (Lipinski definition) is 3. The van der Waals surface area contributed by atoms with Gasteiger partial charge in [0.1, 0.15) is 1.37 Å². The van der Waals surface area contributed by atoms with Crippen molar-refractivity contribution in [3.05, 3.63) is 23.0 Å². The Morgan fingerprint density at radius 1 is 1.45 bits per heavy atom. The van der Waals surface area contributed by atoms with Crippen molar-refractivity contribution in [2.75, 3.05) is 0 Å². The highest BCUT2D eigenvalue weighted by Gasteiger charge is 1.97. The van der Waals surface area contributed by atoms with Crippen LogP contribution in [0.1, 0.15) is 1.37 Å². The highest BCUT2D eigenvalue weighted by molar-refractivity contribution is 5.85. The number of aromatic amines is 2. The Labute approximate surface area is 68.7 Å². The number of nitrogens with one attached hydrogen (secondary N) is 2. The molecule has 2 heterocycles. The van der Waals surface area contributed by atoms with Crippen molar-refractivity contribution >= 4 is 23.6 Å². The van der Waals surface area contributed by atoms with Crippen LogP contribution in [-0.4, -0.2) is 19.9 Å². The van der Waals surface area contributed by atoms with Crippen molar-refractivity contribution in [3.63, 3.8) is 0 Å². The summed E-state index contributed by atoms with van der Waals surface area (Å²) >= 11 is 0. The zero-order chi connectivity index (χ0) is 7.84. The normalized spacial score (nSPS) is 10.7. The molecule has 0 spiro atoms. The molecule has 5 nitrogen and oxygen atoms in total. The third-order valence-electron chi connectivity index (χ3n) is 1.17. The fourth-order valence-electron chi connectivity index (χ4n) is 0.724. The molecule has 6 heteroatoms. The number of fused-ring (bicyclic) bond motifs is 1. The average molecular weight is 175 g/mol. The molecule has 2 rings (SSSR count). The van der Waals surface area contributed by atoms with Crippen LogP contribution in [0.3, 0.4) is 0 Å². The molecular formula is C5H5ClN4O. The van der Waals surface area contributed by atoms with Crippen LogP contribution in [0.25, 0.3) is 11.2 Å². The highest BCUT2D eigenvalue weighted by Crippen LogP contribution is 1.94. The zero-order valence-electron chi connectivity index (χ0n) is 6.29. The molecule has 0 aliphatic heterocycles. The van der Waals surface area contributed by atoms with Crippen LogP contribution in [0.15, 0.2) is 17.4 Å². The molecule has 0 fully saturated rings. The van der Waals surface area contributed by atoms with Crippen LogP contribution in [0.4, 0.5) is 0 Å². The Morgan fingerprint density at radius 2 is 2.27 bits per heavy atom. The van der Waals surface area contributed by atoms with E-state index in [0.717, 1.165) is 0 Å². The van der Waals surface area contributed by atoms with Crippen LogP contribution in [-0.2, 0) is 0 Å². The second-order valence-electron chi connectivity index (χ2n) is 1.78. The fourth-order valence-corrected chi connectivity index (χ4v) is 0.724. The average Bonchev–Trinajstić information content (AvgIpc) is 2.31. The van der Waals surface area contributed by atoms with Gasteiger partial charge < -0.3 is 9.97 Å². The Kier molecular flexibility index (Phi) is 1.57. The number of aromatic nitrogens is 4. The molecule has 0 aliphatic carbocycles. The van der Waals surface area contributed by atoms with Gasteiger partial charge >= 0.3 is 0 Å². The van der Waals surface area contributed by atoms with Crippen molar-refractivity contribution in [2.24, 2.45) is 0 Å². The predicted molar refractivity (Wildman–Crippen MR) is 41.8 cm³/mol. The lowest BCUT2D eigenvalue weighted by molar-refractivity contribution is 1.15. The van der Waals surface area contributed by atoms with Gasteiger partial charge in [-0.3, -0.25) is 4.79 Å². The van der Waals surface area contributed by atoms with E-state index >= 15 is 0 Å². The van der Waals surface area contributed by atoms with Gasteiger partial charge in [-0.15, -0.1) is 12.4 Å². The number of nitrogens with zero attached hydrogens (tertiary/aromatic N) is 2. The highest BCUT2D eigenvalue weighted by atomic mass is 35.5. The zero-order valence-corrected chi connectivity index (χ0v) is 6.10. The summed E-state index contributed by atoms with van der Waals surface area (Å²) < 4.78 is 7.06. The van der Waals surface area contributed by atoms with Crippen LogP contribution in [0.5, 0.6) is 0 Å². The van der Waals surface area contributed by atoms with E-state index < -0.39 is 0 Å². The van der Waals surface area contributed by atoms with Crippen molar-refractivity contribution in [2.45, 2.75) is 0 Å². The van der Waals surface area contributed by atoms with Crippen LogP contribution < -0.4 is 5.56 Å². The van der Waals surface area contributed by atoms with Crippen LogP contribution in [0, 0.1) is 0 Å². The topological polar surface area (TPSA) is 74.4 Å². The molecule has 0 aromatic carbocycles. The Hall–Kier alpha value is -1.36. The number of imidazole rings is 1. The summed E-state index contributed by atoms with van der Waals surface area (Å²) in [6.45, 7) is 0. The lowest BCUT2D eigenvalue weighted by Gasteiger charge is -1.81. The minimum atomic E-state index is -0.329. The predicted octanol–water partition coefficient (Wildman–Crippen LogP) is 0.0680. The first kappa shape index (κ1) is 6.36. The van der Waals surface area contributed by atoms with Gasteiger partial charge in [0.2, 0.25) is 0 Å². The van der Waals surface area contributed by atoms with E-state index in [1.54, 1.807) is 0 Å². The van der Waals surface area contributed by atoms with Gasteiger partial charge in [0.25, 0.3) is 5.56 Å². The summed E-state index contributed by atoms with van der Waals surface area (Å²) in [7, 11) is 0. The summed E-state index contributed by atoms with van der Waals surface area (Å²) in [5, 5.41) is 0. The maximum Gasteiger partial charge on any atom is 0.278 e. The number of hydrogen-bond donors (Lipinski definition) is 2. The van der Waals surface area contributed by atoms with Gasteiger partial charge in [-0.2, -0.15) is 0 Å². The molecule has 2 aromatic heterocycles. The van der Waals surface area contributed by atoms with E-state index in [9.17, 15) is 4.79 Å². The molecule has 2 aromatic rings. The maximum atomic E-state index is 10.9. The second-order valence-corrected chi connectivity index (χ2v) is 1.78. The molecule has 0 unspecified atom stereocenters. The first-order valence-electron chi connectivity index (χ1n) is 3.17. The smallest absolute Gasteiger partial charge is 0.278 e. The maximum absolute atomic E-state index is 10.9. The monoisotopic (exact) mass is 174 g/mol. The van der Waals surface area contributed by atoms with Crippen molar-refractivity contribution < 1.29 is 1.37 Å². The van der Waals surface area contributed by atoms with Gasteiger partial charge in [-0.1, -0.05) is 0 Å². The SMILES string of the molecule is Cl.[3H]c1nc2c(=O)[nH]cnc2[nH]1. The van der Waals surface area contributed by atoms with Crippen LogP contribution >= 0.6 is 12.4 Å². The van der Waals surface area contributed by atoms with E-state index in [1.165, 1.54) is 6.33 Å². The quantitative estimate of drug-likeness (QED) is 0.594. The summed E-state index contributed by atoms with van der Waals surface area (Å²) in [5.74, 6) is 0. The van der Waals surface area contributed by atoms with Crippen molar-refractivity contribution in [1.82, 2.24) is 19.9 Å². The first-order valence-corrected chi connectivity index (χ1v) is 2.67. The van der Waals surface area contributed by atoms with Gasteiger partial charge in [-0.25, -0.2) is 9.97 Å². The van der Waals surface area contributed by atoms with E-state index in [2.05, 4.69) is 19.9 Å². The molecule has 0 atom stereocenters. The molecule has 0 saturated heterocycles. The van der Waals surface area contributed by atoms with E-state index in [-0.39, 0.29) is 29.8 Å². The molecule has 0 amide bonds. The largest absolute Gasteiger partial charge is 0.329 e. The van der Waals surface area contributed by atoms with Crippen molar-refractivity contribution in [3.8, 4) is 0 Å². The minimum Gasteiger partial charge on any atom is -0.329 e. The molecule has 0 aliphatic rings. The van der Waals surface area contributed by atoms with Crippen LogP contribution in [0.2, 0.25) is 0 Å². The molecule has 0 saturated carbocycles. The molecule has 0 radical (unpaired) electrons. The Balaban J connectivity index is 0.000000720. The standard InChI is InChI=1S/C5H4N4O.ClH/c10-5-3-4(7-1-6-3)8-2-9-5;/h1-2H,(H2,6,7,8,9,10);1H/i1T;. The Bertz CT molecular complexity index is 450. The van der Waals surface area contributed by atoms with Gasteiger partial charge in [-0.05, 0) is 0 Å². The first-order chi connectivity index (χ1) is 5.27. The Morgan fingerprint density at radius 3 is 3.00 bits per heavy atom. The van der Waals surface area contributed by atoms with E-state index in [0.29, 0.717) is 5.65 Å². The number of halogens is 1. The molecule has 0 bridgehead atoms. The lowest BCUT2D eigenvalue weighted by atomic mass is 10.6. The molecule has 11 heavy (non-hydrogen) atoms. The summed E-state index contributed by atoms with van der Waals surface area (Å²) in [6.07, 6.45) is 1.21. The third kappa shape index (κ3) is 1.10. The number of rotatable bonds is 0. The number of H-pyrrole nitrogens is 2. The van der Waals surface area contributed by atoms with E-state index in [1.807, 2.05) is 0 Å². The third-order valence-corrected chi connectivity index (χ3v) is 1.17. The fraction of sp³-hybridized carbons (Fsp3) is 0. The van der Waals surface area contributed by atoms with Gasteiger partial charge in [0, 0.05) is 0 Å². The molecular weight excluding hydrogens is 168 g/mol. The van der Waals surface area contributed by atoms with Gasteiger partial charge in [0.05, 0.1) is 12.6 Å². The summed E-state index contributed by atoms with van der Waals surface area (Å²) in [4.78, 5) is 23.2. The van der Waals surface area contributed by atoms with Crippen molar-refractivity contribution in [1.29, 1.82) is 0 Å². The van der Waals surface area contributed by atoms with Gasteiger partial charge in [0.15, 0.2) is 11.2 Å². The molecule has 58 valence electrons. The van der Waals surface area contributed by atoms with E-state index in [4.69, 9.17) is 1.37 Å². The lowest BCUT2D eigenvalue weighted by Crippen LogP contribution is -2.05. The summed E-state index contributed by atoms with van der Waals surface area (Å²) in [6, 6.07) is 0. The molecule has 2 N–H and O–H groups in total. The second kappa shape index (κ2) is 2.71.